The largest absolute Gasteiger partial charge is 0.371 e. The van der Waals surface area contributed by atoms with Gasteiger partial charge in [0.25, 0.3) is 0 Å². The molecule has 1 aromatic carbocycles. The summed E-state index contributed by atoms with van der Waals surface area (Å²) >= 11 is 0. The number of hydrogen-bond donors (Lipinski definition) is 0. The fraction of sp³-hybridized carbons (Fsp3) is 0.422. The first-order valence-electron chi connectivity index (χ1n) is 17.7. The molecule has 0 radical (unpaired) electrons. The Morgan fingerprint density at radius 3 is 2.55 bits per heavy atom. The number of methoxy groups -OCH3 is 1. The fourth-order valence-electron chi connectivity index (χ4n) is 6.28. The summed E-state index contributed by atoms with van der Waals surface area (Å²) < 4.78 is 5.50. The Morgan fingerprint density at radius 1 is 1.18 bits per heavy atom. The van der Waals surface area contributed by atoms with E-state index in [0.717, 1.165) is 71.1 Å². The van der Waals surface area contributed by atoms with Crippen LogP contribution in [0.4, 0.5) is 0 Å². The van der Waals surface area contributed by atoms with Crippen molar-refractivity contribution in [3.05, 3.63) is 129 Å². The van der Waals surface area contributed by atoms with Crippen molar-refractivity contribution in [1.82, 2.24) is 0 Å². The Hall–Kier alpha value is -4.29. The van der Waals surface area contributed by atoms with Gasteiger partial charge in [-0.3, -0.25) is 9.79 Å². The smallest absolute Gasteiger partial charge is 0.161 e. The van der Waals surface area contributed by atoms with Gasteiger partial charge in [-0.15, -0.1) is 5.73 Å². The van der Waals surface area contributed by atoms with Crippen LogP contribution in [-0.4, -0.2) is 25.2 Å². The van der Waals surface area contributed by atoms with Crippen LogP contribution in [-0.2, 0) is 9.53 Å². The third-order valence-electron chi connectivity index (χ3n) is 8.89. The van der Waals surface area contributed by atoms with Gasteiger partial charge in [-0.1, -0.05) is 101 Å². The molecule has 0 amide bonds. The predicted octanol–water partition coefficient (Wildman–Crippen LogP) is 12.0. The molecule has 4 nitrogen and oxygen atoms in total. The standard InChI is InChI=1S/C45H58N2O2/c1-11-14-19-41(28-34(6)42-29-36(8)44(49-10)31-47-30-42)45(37(9)48)39(13-3)26-33(5)25-38-21-22-43(35(7)27-38)40(17-12-2)20-16-15-18-32(4)23-24-46/h14-15,18-19,21-22,25,27-28,30-32,40,44H,3,8,11-12,16-17,20,23,26,29H2,1-2,4-7,9-10H3/b18-15+,19-14-,33-25+,34-28+,45-41-. The minimum absolute atomic E-state index is 0.0213. The second-order valence-corrected chi connectivity index (χ2v) is 13.2. The van der Waals surface area contributed by atoms with Crippen LogP contribution in [0.2, 0.25) is 0 Å². The number of nitriles is 1. The average Bonchev–Trinajstić information content (AvgIpc) is 3.25. The molecule has 0 N–H and O–H groups in total. The average molecular weight is 659 g/mol. The molecular formula is C45H58N2O2. The molecule has 3 atom stereocenters. The van der Waals surface area contributed by atoms with Crippen LogP contribution >= 0.6 is 0 Å². The number of benzene rings is 1. The maximum absolute atomic E-state index is 13.3. The molecule has 0 aromatic heterocycles. The van der Waals surface area contributed by atoms with E-state index in [1.54, 1.807) is 20.2 Å². The summed E-state index contributed by atoms with van der Waals surface area (Å²) in [6.45, 7) is 22.6. The molecule has 3 unspecified atom stereocenters. The number of nitrogens with zero attached hydrogens (tertiary/aromatic N) is 2. The molecule has 0 fully saturated rings. The van der Waals surface area contributed by atoms with E-state index in [1.807, 2.05) is 19.2 Å². The highest BCUT2D eigenvalue weighted by Crippen LogP contribution is 2.32. The number of aliphatic imine (C=N–C) groups is 1. The molecule has 0 saturated heterocycles. The molecule has 1 aliphatic heterocycles. The molecule has 260 valence electrons. The highest BCUT2D eigenvalue weighted by molar-refractivity contribution is 5.99. The van der Waals surface area contributed by atoms with Gasteiger partial charge < -0.3 is 4.74 Å². The van der Waals surface area contributed by atoms with Crippen LogP contribution in [0.15, 0.2) is 118 Å². The van der Waals surface area contributed by atoms with Gasteiger partial charge in [0, 0.05) is 43.5 Å². The number of carbonyl (C=O) groups is 1. The maximum atomic E-state index is 13.3. The van der Waals surface area contributed by atoms with Crippen LogP contribution < -0.4 is 0 Å². The summed E-state index contributed by atoms with van der Waals surface area (Å²) in [5, 5.41) is 8.93. The lowest BCUT2D eigenvalue weighted by atomic mass is 9.86. The zero-order chi connectivity index (χ0) is 36.3. The molecular weight excluding hydrogens is 601 g/mol. The summed E-state index contributed by atoms with van der Waals surface area (Å²) in [6, 6.07) is 9.03. The van der Waals surface area contributed by atoms with Crippen molar-refractivity contribution in [2.24, 2.45) is 10.9 Å². The monoisotopic (exact) mass is 658 g/mol. The molecule has 2 rings (SSSR count). The summed E-state index contributed by atoms with van der Waals surface area (Å²) in [5.74, 6) is 0.783. The molecule has 1 aliphatic rings. The minimum atomic E-state index is -0.218. The van der Waals surface area contributed by atoms with E-state index >= 15 is 0 Å². The molecule has 0 aliphatic carbocycles. The van der Waals surface area contributed by atoms with Gasteiger partial charge in [0.15, 0.2) is 5.78 Å². The quantitative estimate of drug-likeness (QED) is 0.0682. The second kappa shape index (κ2) is 21.6. The van der Waals surface area contributed by atoms with Gasteiger partial charge in [0.1, 0.15) is 6.10 Å². The first-order valence-corrected chi connectivity index (χ1v) is 17.7. The molecule has 1 heterocycles. The van der Waals surface area contributed by atoms with E-state index in [0.29, 0.717) is 36.7 Å². The zero-order valence-corrected chi connectivity index (χ0v) is 31.4. The Labute approximate surface area is 297 Å². The van der Waals surface area contributed by atoms with Gasteiger partial charge in [0.2, 0.25) is 0 Å². The van der Waals surface area contributed by atoms with Gasteiger partial charge >= 0.3 is 0 Å². The number of hydrogen-bond acceptors (Lipinski definition) is 4. The zero-order valence-electron chi connectivity index (χ0n) is 31.4. The summed E-state index contributed by atoms with van der Waals surface area (Å²) in [4.78, 5) is 17.7. The molecule has 1 aromatic rings. The van der Waals surface area contributed by atoms with E-state index in [9.17, 15) is 4.79 Å². The summed E-state index contributed by atoms with van der Waals surface area (Å²) in [5.41, 5.74) is 13.3. The topological polar surface area (TPSA) is 62.5 Å². The first kappa shape index (κ1) is 40.9. The number of Topliss-reactive ketones (excluding diaryl/α,β-unsaturated/α-hetero) is 1. The van der Waals surface area contributed by atoms with Crippen LogP contribution in [0.3, 0.4) is 0 Å². The van der Waals surface area contributed by atoms with E-state index in [1.165, 1.54) is 11.1 Å². The van der Waals surface area contributed by atoms with Gasteiger partial charge in [-0.2, -0.15) is 5.26 Å². The van der Waals surface area contributed by atoms with Crippen molar-refractivity contribution in [3.8, 4) is 6.07 Å². The highest BCUT2D eigenvalue weighted by Gasteiger charge is 2.18. The summed E-state index contributed by atoms with van der Waals surface area (Å²) in [6.07, 6.45) is 23.2. The Morgan fingerprint density at radius 2 is 1.94 bits per heavy atom. The Balaban J connectivity index is 2.39. The molecule has 0 bridgehead atoms. The molecule has 49 heavy (non-hydrogen) atoms. The fourth-order valence-corrected chi connectivity index (χ4v) is 6.28. The van der Waals surface area contributed by atoms with Crippen molar-refractivity contribution < 1.29 is 9.53 Å². The van der Waals surface area contributed by atoms with Crippen molar-refractivity contribution >= 4 is 18.1 Å². The SMILES string of the molecule is C=C=C(C/C(C)=C/c1ccc(C(CCC)CC/C=C/C(C)CC#N)c(C)c1)/C(C(C)=O)=C(/C=C\CC)\C=C(/C)C1=CN=CC(OC)C(=C)C1. The number of allylic oxidation sites excluding steroid dienone is 11. The van der Waals surface area contributed by atoms with Crippen molar-refractivity contribution in [2.75, 3.05) is 7.11 Å². The van der Waals surface area contributed by atoms with Crippen LogP contribution in [0, 0.1) is 24.2 Å². The van der Waals surface area contributed by atoms with Crippen LogP contribution in [0.1, 0.15) is 116 Å². The highest BCUT2D eigenvalue weighted by atomic mass is 16.5. The maximum Gasteiger partial charge on any atom is 0.161 e. The van der Waals surface area contributed by atoms with E-state index in [4.69, 9.17) is 10.00 Å². The van der Waals surface area contributed by atoms with Gasteiger partial charge in [0.05, 0.1) is 6.07 Å². The molecule has 0 spiro atoms. The third kappa shape index (κ3) is 13.3. The lowest BCUT2D eigenvalue weighted by molar-refractivity contribution is -0.113. The normalized spacial score (nSPS) is 17.3. The van der Waals surface area contributed by atoms with E-state index in [2.05, 4.69) is 113 Å². The number of ether oxygens (including phenoxy) is 1. The number of carbonyl (C=O) groups excluding carboxylic acids is 1. The lowest BCUT2D eigenvalue weighted by Crippen LogP contribution is -2.14. The van der Waals surface area contributed by atoms with Crippen molar-refractivity contribution in [2.45, 2.75) is 112 Å². The molecule has 0 saturated carbocycles. The lowest BCUT2D eigenvalue weighted by Gasteiger charge is -2.19. The van der Waals surface area contributed by atoms with Gasteiger partial charge in [-0.25, -0.2) is 0 Å². The first-order chi connectivity index (χ1) is 23.5. The van der Waals surface area contributed by atoms with Crippen LogP contribution in [0.25, 0.3) is 6.08 Å². The van der Waals surface area contributed by atoms with E-state index in [-0.39, 0.29) is 11.9 Å². The van der Waals surface area contributed by atoms with Crippen molar-refractivity contribution in [1.29, 1.82) is 5.26 Å². The predicted molar refractivity (Wildman–Crippen MR) is 210 cm³/mol. The van der Waals surface area contributed by atoms with Gasteiger partial charge in [-0.05, 0) is 111 Å². The van der Waals surface area contributed by atoms with Crippen LogP contribution in [0.5, 0.6) is 0 Å². The minimum Gasteiger partial charge on any atom is -0.371 e. The van der Waals surface area contributed by atoms with Crippen molar-refractivity contribution in [3.63, 3.8) is 0 Å². The Kier molecular flexibility index (Phi) is 18.0. The van der Waals surface area contributed by atoms with E-state index < -0.39 is 0 Å². The summed E-state index contributed by atoms with van der Waals surface area (Å²) in [7, 11) is 1.66. The number of aryl methyl sites for hydroxylation is 1. The molecule has 4 heteroatoms. The number of rotatable bonds is 18. The Bertz CT molecular complexity index is 1630. The second-order valence-electron chi connectivity index (χ2n) is 13.2. The third-order valence-corrected chi connectivity index (χ3v) is 8.89. The number of ketones is 1.